The fourth-order valence-corrected chi connectivity index (χ4v) is 3.11. The third kappa shape index (κ3) is 5.78. The fourth-order valence-electron chi connectivity index (χ4n) is 3.11. The van der Waals surface area contributed by atoms with E-state index in [4.69, 9.17) is 0 Å². The van der Waals surface area contributed by atoms with E-state index >= 15 is 0 Å². The minimum Gasteiger partial charge on any atom is -0.324 e. The highest BCUT2D eigenvalue weighted by atomic mass is 16.2. The topological polar surface area (TPSA) is 70.2 Å². The minimum absolute atomic E-state index is 0.0401. The number of hydrogen-bond acceptors (Lipinski definition) is 3. The largest absolute Gasteiger partial charge is 0.324 e. The highest BCUT2D eigenvalue weighted by Gasteiger charge is 2.14. The van der Waals surface area contributed by atoms with Gasteiger partial charge in [-0.2, -0.15) is 0 Å². The second-order valence-electron chi connectivity index (χ2n) is 7.11. The van der Waals surface area contributed by atoms with Crippen LogP contribution < -0.4 is 16.0 Å². The predicted molar refractivity (Wildman–Crippen MR) is 122 cm³/mol. The lowest BCUT2D eigenvalue weighted by Gasteiger charge is -2.16. The van der Waals surface area contributed by atoms with E-state index in [-0.39, 0.29) is 24.4 Å². The molecule has 30 heavy (non-hydrogen) atoms. The molecule has 154 valence electrons. The van der Waals surface area contributed by atoms with Crippen molar-refractivity contribution >= 4 is 23.2 Å². The molecule has 3 N–H and O–H groups in total. The maximum Gasteiger partial charge on any atom is 0.257 e. The predicted octanol–water partition coefficient (Wildman–Crippen LogP) is 4.79. The molecule has 1 atom stereocenters. The van der Waals surface area contributed by atoms with Crippen molar-refractivity contribution in [1.82, 2.24) is 5.32 Å². The number of hydrogen-bond donors (Lipinski definition) is 3. The van der Waals surface area contributed by atoms with E-state index in [9.17, 15) is 9.59 Å². The molecular formula is C25H27N3O2. The van der Waals surface area contributed by atoms with E-state index < -0.39 is 0 Å². The van der Waals surface area contributed by atoms with Crippen molar-refractivity contribution in [3.05, 3.63) is 95.6 Å². The average Bonchev–Trinajstić information content (AvgIpc) is 2.78. The van der Waals surface area contributed by atoms with Crippen molar-refractivity contribution in [3.63, 3.8) is 0 Å². The molecule has 0 fully saturated rings. The summed E-state index contributed by atoms with van der Waals surface area (Å²) in [5.41, 5.74) is 4.01. The molecule has 5 heteroatoms. The van der Waals surface area contributed by atoms with Gasteiger partial charge in [-0.15, -0.1) is 0 Å². The van der Waals surface area contributed by atoms with Crippen LogP contribution in [0.15, 0.2) is 78.9 Å². The molecule has 5 nitrogen and oxygen atoms in total. The Morgan fingerprint density at radius 2 is 1.50 bits per heavy atom. The van der Waals surface area contributed by atoms with Crippen molar-refractivity contribution in [2.45, 2.75) is 26.3 Å². The Labute approximate surface area is 177 Å². The maximum absolute atomic E-state index is 12.6. The standard InChI is InChI=1S/C25H27N3O2/c1-3-19-13-15-20(16-14-19)18(2)26-17-24(29)28-23-12-8-7-11-22(23)25(30)27-21-9-5-4-6-10-21/h4-16,18,26H,3,17H2,1-2H3,(H,27,30)(H,28,29)/t18-/m1/s1. The number of carbonyl (C=O) groups is 2. The molecule has 0 saturated carbocycles. The molecule has 0 unspecified atom stereocenters. The monoisotopic (exact) mass is 401 g/mol. The van der Waals surface area contributed by atoms with E-state index in [0.717, 1.165) is 12.0 Å². The summed E-state index contributed by atoms with van der Waals surface area (Å²) < 4.78 is 0. The second kappa shape index (κ2) is 10.4. The lowest BCUT2D eigenvalue weighted by Crippen LogP contribution is -2.30. The fraction of sp³-hybridized carbons (Fsp3) is 0.200. The van der Waals surface area contributed by atoms with E-state index in [0.29, 0.717) is 16.9 Å². The first-order chi connectivity index (χ1) is 14.6. The number of amides is 2. The van der Waals surface area contributed by atoms with Gasteiger partial charge < -0.3 is 16.0 Å². The summed E-state index contributed by atoms with van der Waals surface area (Å²) in [6, 6.07) is 24.6. The van der Waals surface area contributed by atoms with Gasteiger partial charge in [-0.05, 0) is 48.7 Å². The Balaban J connectivity index is 1.59. The molecule has 3 aromatic rings. The minimum atomic E-state index is -0.269. The van der Waals surface area contributed by atoms with Crippen LogP contribution in [0.4, 0.5) is 11.4 Å². The zero-order chi connectivity index (χ0) is 21.3. The van der Waals surface area contributed by atoms with Crippen LogP contribution in [-0.2, 0) is 11.2 Å². The molecule has 0 heterocycles. The average molecular weight is 402 g/mol. The number of carbonyl (C=O) groups excluding carboxylic acids is 2. The van der Waals surface area contributed by atoms with Crippen LogP contribution in [0.25, 0.3) is 0 Å². The van der Waals surface area contributed by atoms with Gasteiger partial charge in [0.15, 0.2) is 0 Å². The number of nitrogens with one attached hydrogen (secondary N) is 3. The summed E-state index contributed by atoms with van der Waals surface area (Å²) >= 11 is 0. The molecule has 0 aliphatic rings. The summed E-state index contributed by atoms with van der Waals surface area (Å²) in [6.07, 6.45) is 1.00. The van der Waals surface area contributed by atoms with Gasteiger partial charge >= 0.3 is 0 Å². The van der Waals surface area contributed by atoms with Gasteiger partial charge in [0, 0.05) is 11.7 Å². The number of para-hydroxylation sites is 2. The zero-order valence-electron chi connectivity index (χ0n) is 17.3. The van der Waals surface area contributed by atoms with Crippen molar-refractivity contribution in [1.29, 1.82) is 0 Å². The van der Waals surface area contributed by atoms with Gasteiger partial charge in [-0.3, -0.25) is 9.59 Å². The van der Waals surface area contributed by atoms with Gasteiger partial charge in [-0.1, -0.05) is 61.5 Å². The Kier molecular flexibility index (Phi) is 7.35. The van der Waals surface area contributed by atoms with Crippen LogP contribution in [-0.4, -0.2) is 18.4 Å². The summed E-state index contributed by atoms with van der Waals surface area (Å²) in [7, 11) is 0. The molecule has 0 bridgehead atoms. The SMILES string of the molecule is CCc1ccc([C@@H](C)NCC(=O)Nc2ccccc2C(=O)Nc2ccccc2)cc1. The zero-order valence-corrected chi connectivity index (χ0v) is 17.3. The number of benzene rings is 3. The molecule has 0 saturated heterocycles. The third-order valence-corrected chi connectivity index (χ3v) is 4.93. The number of aryl methyl sites for hydroxylation is 1. The Morgan fingerprint density at radius 1 is 0.833 bits per heavy atom. The van der Waals surface area contributed by atoms with Crippen LogP contribution in [0.2, 0.25) is 0 Å². The molecule has 0 aliphatic carbocycles. The molecule has 0 radical (unpaired) electrons. The van der Waals surface area contributed by atoms with Gasteiger partial charge in [0.05, 0.1) is 17.8 Å². The van der Waals surface area contributed by atoms with Crippen molar-refractivity contribution in [2.75, 3.05) is 17.2 Å². The Morgan fingerprint density at radius 3 is 2.20 bits per heavy atom. The molecule has 3 rings (SSSR count). The summed E-state index contributed by atoms with van der Waals surface area (Å²) in [6.45, 7) is 4.29. The Hall–Kier alpha value is -3.44. The molecule has 0 aliphatic heterocycles. The van der Waals surface area contributed by atoms with E-state index in [1.54, 1.807) is 24.3 Å². The molecule has 2 amide bonds. The maximum atomic E-state index is 12.6. The van der Waals surface area contributed by atoms with Crippen molar-refractivity contribution in [2.24, 2.45) is 0 Å². The molecule has 3 aromatic carbocycles. The van der Waals surface area contributed by atoms with E-state index in [1.807, 2.05) is 37.3 Å². The quantitative estimate of drug-likeness (QED) is 0.508. The van der Waals surface area contributed by atoms with Crippen molar-refractivity contribution < 1.29 is 9.59 Å². The summed E-state index contributed by atoms with van der Waals surface area (Å²) in [4.78, 5) is 25.1. The highest BCUT2D eigenvalue weighted by molar-refractivity contribution is 6.10. The first-order valence-electron chi connectivity index (χ1n) is 10.1. The smallest absolute Gasteiger partial charge is 0.257 e. The first-order valence-corrected chi connectivity index (χ1v) is 10.1. The molecule has 0 spiro atoms. The highest BCUT2D eigenvalue weighted by Crippen LogP contribution is 2.18. The van der Waals surface area contributed by atoms with E-state index in [2.05, 4.69) is 47.1 Å². The van der Waals surface area contributed by atoms with Gasteiger partial charge in [0.1, 0.15) is 0 Å². The van der Waals surface area contributed by atoms with Gasteiger partial charge in [0.2, 0.25) is 5.91 Å². The third-order valence-electron chi connectivity index (χ3n) is 4.93. The lowest BCUT2D eigenvalue weighted by molar-refractivity contribution is -0.115. The van der Waals surface area contributed by atoms with Crippen LogP contribution in [0.3, 0.4) is 0 Å². The molecule has 0 aromatic heterocycles. The second-order valence-corrected chi connectivity index (χ2v) is 7.11. The van der Waals surface area contributed by atoms with Crippen LogP contribution in [0.1, 0.15) is 41.4 Å². The van der Waals surface area contributed by atoms with Crippen LogP contribution >= 0.6 is 0 Å². The van der Waals surface area contributed by atoms with E-state index in [1.165, 1.54) is 5.56 Å². The number of anilines is 2. The van der Waals surface area contributed by atoms with Crippen LogP contribution in [0.5, 0.6) is 0 Å². The summed E-state index contributed by atoms with van der Waals surface area (Å²) in [5, 5.41) is 8.92. The van der Waals surface area contributed by atoms with Crippen LogP contribution in [0, 0.1) is 0 Å². The number of rotatable bonds is 8. The summed E-state index contributed by atoms with van der Waals surface area (Å²) in [5.74, 6) is -0.471. The van der Waals surface area contributed by atoms with Gasteiger partial charge in [-0.25, -0.2) is 0 Å². The Bertz CT molecular complexity index is 985. The normalized spacial score (nSPS) is 11.5. The van der Waals surface area contributed by atoms with Gasteiger partial charge in [0.25, 0.3) is 5.91 Å². The first kappa shape index (κ1) is 21.3. The molecular weight excluding hydrogens is 374 g/mol. The lowest BCUT2D eigenvalue weighted by atomic mass is 10.1. The van der Waals surface area contributed by atoms with Crippen molar-refractivity contribution in [3.8, 4) is 0 Å².